The third-order valence-corrected chi connectivity index (χ3v) is 4.49. The smallest absolute Gasteiger partial charge is 0.270 e. The molecule has 0 aliphatic carbocycles. The Morgan fingerprint density at radius 2 is 1.96 bits per heavy atom. The van der Waals surface area contributed by atoms with Crippen molar-refractivity contribution in [3.63, 3.8) is 0 Å². The van der Waals surface area contributed by atoms with Crippen LogP contribution in [0.5, 0.6) is 0 Å². The third-order valence-electron chi connectivity index (χ3n) is 4.49. The minimum absolute atomic E-state index is 0.0296. The number of hydrogen-bond acceptors (Lipinski definition) is 4. The minimum Gasteiger partial charge on any atom is -0.382 e. The van der Waals surface area contributed by atoms with E-state index >= 15 is 0 Å². The Kier molecular flexibility index (Phi) is 3.93. The van der Waals surface area contributed by atoms with Crippen LogP contribution in [-0.2, 0) is 19.5 Å². The van der Waals surface area contributed by atoms with E-state index in [2.05, 4.69) is 22.3 Å². The molecular weight excluding hydrogens is 314 g/mol. The van der Waals surface area contributed by atoms with Gasteiger partial charge in [-0.1, -0.05) is 30.3 Å². The van der Waals surface area contributed by atoms with Gasteiger partial charge in [-0.25, -0.2) is 0 Å². The Labute approximate surface area is 145 Å². The zero-order chi connectivity index (χ0) is 17.2. The van der Waals surface area contributed by atoms with Crippen molar-refractivity contribution in [1.29, 1.82) is 0 Å². The molecule has 1 aromatic carbocycles. The first kappa shape index (κ1) is 15.4. The molecule has 2 aromatic heterocycles. The van der Waals surface area contributed by atoms with Crippen molar-refractivity contribution in [2.24, 2.45) is 0 Å². The largest absolute Gasteiger partial charge is 0.382 e. The molecule has 1 amide bonds. The molecule has 126 valence electrons. The molecule has 1 aliphatic heterocycles. The second kappa shape index (κ2) is 6.39. The Morgan fingerprint density at radius 3 is 2.80 bits per heavy atom. The average molecular weight is 333 g/mol. The lowest BCUT2D eigenvalue weighted by Crippen LogP contribution is -2.37. The van der Waals surface area contributed by atoms with E-state index in [4.69, 9.17) is 5.73 Å². The minimum atomic E-state index is 0.0296. The van der Waals surface area contributed by atoms with E-state index in [1.807, 2.05) is 52.1 Å². The fourth-order valence-corrected chi connectivity index (χ4v) is 3.21. The van der Waals surface area contributed by atoms with Crippen LogP contribution in [0, 0.1) is 0 Å². The molecule has 0 fully saturated rings. The highest BCUT2D eigenvalue weighted by Gasteiger charge is 2.24. The number of rotatable bonds is 3. The summed E-state index contributed by atoms with van der Waals surface area (Å²) >= 11 is 0. The normalized spacial score (nSPS) is 13.5. The monoisotopic (exact) mass is 333 g/mol. The van der Waals surface area contributed by atoms with Crippen LogP contribution in [0.2, 0.25) is 0 Å². The number of carbonyl (C=O) groups is 1. The van der Waals surface area contributed by atoms with E-state index in [0.717, 1.165) is 11.3 Å². The number of nitrogens with two attached hydrogens (primary N) is 1. The van der Waals surface area contributed by atoms with Gasteiger partial charge >= 0.3 is 0 Å². The highest BCUT2D eigenvalue weighted by molar-refractivity contribution is 5.93. The van der Waals surface area contributed by atoms with Gasteiger partial charge in [0.05, 0.1) is 5.69 Å². The highest BCUT2D eigenvalue weighted by atomic mass is 16.2. The molecule has 0 unspecified atom stereocenters. The van der Waals surface area contributed by atoms with E-state index < -0.39 is 0 Å². The van der Waals surface area contributed by atoms with Crippen LogP contribution in [0.15, 0.2) is 54.7 Å². The first-order valence-corrected chi connectivity index (χ1v) is 8.30. The molecule has 3 heterocycles. The van der Waals surface area contributed by atoms with Gasteiger partial charge in [-0.3, -0.25) is 4.79 Å². The molecule has 0 radical (unpaired) electrons. The van der Waals surface area contributed by atoms with E-state index in [-0.39, 0.29) is 5.91 Å². The number of nitrogens with zero attached hydrogens (tertiary/aromatic N) is 4. The predicted molar refractivity (Wildman–Crippen MR) is 94.9 cm³/mol. The van der Waals surface area contributed by atoms with Crippen LogP contribution in [-0.4, -0.2) is 32.1 Å². The van der Waals surface area contributed by atoms with Crippen molar-refractivity contribution in [1.82, 2.24) is 19.7 Å². The van der Waals surface area contributed by atoms with Crippen molar-refractivity contribution in [3.05, 3.63) is 77.2 Å². The fourth-order valence-electron chi connectivity index (χ4n) is 3.21. The van der Waals surface area contributed by atoms with E-state index in [1.54, 1.807) is 0 Å². The molecule has 0 saturated heterocycles. The maximum absolute atomic E-state index is 13.0. The highest BCUT2D eigenvalue weighted by Crippen LogP contribution is 2.20. The standard InChI is InChI=1S/C19H19N5O/c20-18-11-15-13-24(10-8-16(15)21-22-18)19(25)17-7-4-9-23(17)12-14-5-2-1-3-6-14/h1-7,9,11H,8,10,12-13H2,(H2,20,22). The topological polar surface area (TPSA) is 77.0 Å². The number of benzene rings is 1. The second-order valence-electron chi connectivity index (χ2n) is 6.22. The number of fused-ring (bicyclic) bond motifs is 1. The number of aromatic nitrogens is 3. The van der Waals surface area contributed by atoms with E-state index in [1.165, 1.54) is 5.56 Å². The van der Waals surface area contributed by atoms with Crippen molar-refractivity contribution in [2.45, 2.75) is 19.5 Å². The van der Waals surface area contributed by atoms with Gasteiger partial charge in [0.15, 0.2) is 0 Å². The molecule has 0 spiro atoms. The maximum Gasteiger partial charge on any atom is 0.270 e. The van der Waals surface area contributed by atoms with E-state index in [9.17, 15) is 4.79 Å². The Hall–Kier alpha value is -3.15. The molecule has 0 atom stereocenters. The number of amides is 1. The SMILES string of the molecule is Nc1cc2c(nn1)CCN(C(=O)c1cccn1Cc1ccccc1)C2. The quantitative estimate of drug-likeness (QED) is 0.796. The van der Waals surface area contributed by atoms with Crippen LogP contribution in [0.1, 0.15) is 27.3 Å². The van der Waals surface area contributed by atoms with Gasteiger partial charge in [-0.15, -0.1) is 5.10 Å². The third kappa shape index (κ3) is 3.10. The fraction of sp³-hybridized carbons (Fsp3) is 0.211. The lowest BCUT2D eigenvalue weighted by molar-refractivity contribution is 0.0722. The predicted octanol–water partition coefficient (Wildman–Crippen LogP) is 2.11. The first-order valence-electron chi connectivity index (χ1n) is 8.30. The zero-order valence-electron chi connectivity index (χ0n) is 13.8. The molecule has 3 aromatic rings. The van der Waals surface area contributed by atoms with Gasteiger partial charge in [-0.05, 0) is 29.3 Å². The summed E-state index contributed by atoms with van der Waals surface area (Å²) in [5, 5.41) is 8.02. The summed E-state index contributed by atoms with van der Waals surface area (Å²) in [6, 6.07) is 15.7. The molecule has 0 saturated carbocycles. The van der Waals surface area contributed by atoms with Crippen LogP contribution >= 0.6 is 0 Å². The van der Waals surface area contributed by atoms with Crippen molar-refractivity contribution < 1.29 is 4.79 Å². The van der Waals surface area contributed by atoms with Crippen LogP contribution in [0.25, 0.3) is 0 Å². The molecule has 1 aliphatic rings. The number of nitrogen functional groups attached to an aromatic ring is 1. The van der Waals surface area contributed by atoms with Gasteiger partial charge in [0.1, 0.15) is 11.5 Å². The molecule has 6 heteroatoms. The van der Waals surface area contributed by atoms with Gasteiger partial charge in [0.2, 0.25) is 0 Å². The molecule has 25 heavy (non-hydrogen) atoms. The lowest BCUT2D eigenvalue weighted by atomic mass is 10.1. The van der Waals surface area contributed by atoms with Crippen LogP contribution in [0.3, 0.4) is 0 Å². The lowest BCUT2D eigenvalue weighted by Gasteiger charge is -2.28. The number of carbonyl (C=O) groups excluding carboxylic acids is 1. The van der Waals surface area contributed by atoms with Gasteiger partial charge in [0.25, 0.3) is 5.91 Å². The van der Waals surface area contributed by atoms with Gasteiger partial charge < -0.3 is 15.2 Å². The molecule has 4 rings (SSSR count). The Bertz CT molecular complexity index is 903. The summed E-state index contributed by atoms with van der Waals surface area (Å²) in [6.07, 6.45) is 2.65. The molecule has 0 bridgehead atoms. The molecule has 2 N–H and O–H groups in total. The summed E-state index contributed by atoms with van der Waals surface area (Å²) in [7, 11) is 0. The zero-order valence-corrected chi connectivity index (χ0v) is 13.8. The van der Waals surface area contributed by atoms with Crippen LogP contribution in [0.4, 0.5) is 5.82 Å². The Balaban J connectivity index is 1.55. The summed E-state index contributed by atoms with van der Waals surface area (Å²) < 4.78 is 1.99. The van der Waals surface area contributed by atoms with Gasteiger partial charge in [0, 0.05) is 32.3 Å². The first-order chi connectivity index (χ1) is 12.2. The summed E-state index contributed by atoms with van der Waals surface area (Å²) in [4.78, 5) is 14.9. The van der Waals surface area contributed by atoms with Crippen molar-refractivity contribution in [2.75, 3.05) is 12.3 Å². The number of hydrogen-bond donors (Lipinski definition) is 1. The molecule has 6 nitrogen and oxygen atoms in total. The number of anilines is 1. The average Bonchev–Trinajstić information content (AvgIpc) is 3.09. The summed E-state index contributed by atoms with van der Waals surface area (Å²) in [6.45, 7) is 1.84. The van der Waals surface area contributed by atoms with Gasteiger partial charge in [-0.2, -0.15) is 5.10 Å². The van der Waals surface area contributed by atoms with Crippen LogP contribution < -0.4 is 5.73 Å². The summed E-state index contributed by atoms with van der Waals surface area (Å²) in [5.74, 6) is 0.419. The van der Waals surface area contributed by atoms with Crippen molar-refractivity contribution in [3.8, 4) is 0 Å². The maximum atomic E-state index is 13.0. The summed E-state index contributed by atoms with van der Waals surface area (Å²) in [5.41, 5.74) is 9.50. The van der Waals surface area contributed by atoms with Crippen molar-refractivity contribution >= 4 is 11.7 Å². The second-order valence-corrected chi connectivity index (χ2v) is 6.22. The molecular formula is C19H19N5O. The Morgan fingerprint density at radius 1 is 1.12 bits per heavy atom. The van der Waals surface area contributed by atoms with E-state index in [0.29, 0.717) is 37.6 Å².